The van der Waals surface area contributed by atoms with Crippen LogP contribution in [0, 0.1) is 11.3 Å². The Morgan fingerprint density at radius 3 is 2.87 bits per heavy atom. The minimum atomic E-state index is -0.784. The Balaban J connectivity index is 2.27. The molecular formula is C15H22N4O4. The molecule has 1 rings (SSSR count). The second-order valence-electron chi connectivity index (χ2n) is 4.79. The summed E-state index contributed by atoms with van der Waals surface area (Å²) < 4.78 is 10.1. The molecule has 0 aliphatic heterocycles. The number of aliphatic hydroxyl groups excluding tert-OH is 1. The third kappa shape index (κ3) is 7.46. The number of ether oxygens (including phenoxy) is 2. The Kier molecular flexibility index (Phi) is 8.46. The molecule has 23 heavy (non-hydrogen) atoms. The van der Waals surface area contributed by atoms with E-state index in [1.165, 1.54) is 7.11 Å². The van der Waals surface area contributed by atoms with E-state index < -0.39 is 6.10 Å². The summed E-state index contributed by atoms with van der Waals surface area (Å²) in [6.45, 7) is 2.12. The predicted molar refractivity (Wildman–Crippen MR) is 83.7 cm³/mol. The lowest BCUT2D eigenvalue weighted by atomic mass is 10.2. The van der Waals surface area contributed by atoms with E-state index in [1.54, 1.807) is 31.2 Å². The average Bonchev–Trinajstić information content (AvgIpc) is 2.56. The molecule has 8 heteroatoms. The number of nitriles is 1. The highest BCUT2D eigenvalue weighted by atomic mass is 16.5. The van der Waals surface area contributed by atoms with Crippen molar-refractivity contribution in [3.05, 3.63) is 29.8 Å². The van der Waals surface area contributed by atoms with E-state index in [4.69, 9.17) is 14.7 Å². The van der Waals surface area contributed by atoms with E-state index in [2.05, 4.69) is 16.0 Å². The zero-order valence-electron chi connectivity index (χ0n) is 13.2. The summed E-state index contributed by atoms with van der Waals surface area (Å²) in [4.78, 5) is 11.4. The standard InChI is InChI=1S/C15H22N4O4/c1-11(19-15(21)18-10-22-2)17-8-13(20)9-23-14-6-4-3-5-12(14)7-16/h3-6,11,13,17,20H,8-10H2,1-2H3,(H2,18,19,21). The number of aliphatic hydroxyl groups is 1. The van der Waals surface area contributed by atoms with Crippen LogP contribution < -0.4 is 20.7 Å². The fourth-order valence-corrected chi connectivity index (χ4v) is 1.68. The Labute approximate surface area is 135 Å². The summed E-state index contributed by atoms with van der Waals surface area (Å²) in [5, 5.41) is 26.9. The first-order valence-electron chi connectivity index (χ1n) is 7.13. The Morgan fingerprint density at radius 2 is 2.17 bits per heavy atom. The van der Waals surface area contributed by atoms with Crippen LogP contribution in [0.25, 0.3) is 0 Å². The van der Waals surface area contributed by atoms with Crippen molar-refractivity contribution in [1.82, 2.24) is 16.0 Å². The summed E-state index contributed by atoms with van der Waals surface area (Å²) in [6, 6.07) is 8.46. The van der Waals surface area contributed by atoms with Crippen molar-refractivity contribution >= 4 is 6.03 Å². The zero-order chi connectivity index (χ0) is 17.1. The van der Waals surface area contributed by atoms with Crippen LogP contribution in [-0.2, 0) is 4.74 Å². The number of nitrogens with zero attached hydrogens (tertiary/aromatic N) is 1. The second-order valence-corrected chi connectivity index (χ2v) is 4.79. The Morgan fingerprint density at radius 1 is 1.43 bits per heavy atom. The minimum Gasteiger partial charge on any atom is -0.489 e. The van der Waals surface area contributed by atoms with Gasteiger partial charge >= 0.3 is 6.03 Å². The predicted octanol–water partition coefficient (Wildman–Crippen LogP) is 0.137. The van der Waals surface area contributed by atoms with E-state index in [0.29, 0.717) is 11.3 Å². The second kappa shape index (κ2) is 10.4. The van der Waals surface area contributed by atoms with Gasteiger partial charge in [0, 0.05) is 13.7 Å². The molecule has 2 atom stereocenters. The van der Waals surface area contributed by atoms with Gasteiger partial charge in [-0.15, -0.1) is 0 Å². The van der Waals surface area contributed by atoms with Crippen LogP contribution in [-0.4, -0.2) is 50.4 Å². The molecule has 0 aliphatic carbocycles. The normalized spacial score (nSPS) is 12.8. The van der Waals surface area contributed by atoms with E-state index in [-0.39, 0.29) is 32.1 Å². The largest absolute Gasteiger partial charge is 0.489 e. The smallest absolute Gasteiger partial charge is 0.317 e. The quantitative estimate of drug-likeness (QED) is 0.481. The molecule has 0 fully saturated rings. The molecule has 0 spiro atoms. The van der Waals surface area contributed by atoms with E-state index in [1.807, 2.05) is 6.07 Å². The number of carbonyl (C=O) groups excluding carboxylic acids is 1. The molecule has 2 amide bonds. The zero-order valence-corrected chi connectivity index (χ0v) is 13.2. The van der Waals surface area contributed by atoms with Gasteiger partial charge in [-0.3, -0.25) is 5.32 Å². The highest BCUT2D eigenvalue weighted by Gasteiger charge is 2.11. The minimum absolute atomic E-state index is 0.0360. The van der Waals surface area contributed by atoms with Crippen molar-refractivity contribution < 1.29 is 19.4 Å². The molecule has 0 saturated heterocycles. The number of para-hydroxylation sites is 1. The number of carbonyl (C=O) groups is 1. The van der Waals surface area contributed by atoms with Crippen molar-refractivity contribution in [2.45, 2.75) is 19.2 Å². The van der Waals surface area contributed by atoms with Gasteiger partial charge < -0.3 is 25.2 Å². The van der Waals surface area contributed by atoms with Crippen LogP contribution in [0.5, 0.6) is 5.75 Å². The van der Waals surface area contributed by atoms with Crippen molar-refractivity contribution in [2.75, 3.05) is 27.0 Å². The van der Waals surface area contributed by atoms with Crippen LogP contribution in [0.4, 0.5) is 4.79 Å². The topological polar surface area (TPSA) is 116 Å². The number of benzene rings is 1. The highest BCUT2D eigenvalue weighted by Crippen LogP contribution is 2.16. The molecule has 0 radical (unpaired) electrons. The molecule has 0 aliphatic rings. The van der Waals surface area contributed by atoms with Gasteiger partial charge in [-0.25, -0.2) is 4.79 Å². The van der Waals surface area contributed by atoms with E-state index >= 15 is 0 Å². The number of urea groups is 1. The molecular weight excluding hydrogens is 300 g/mol. The number of nitrogens with one attached hydrogen (secondary N) is 3. The van der Waals surface area contributed by atoms with Crippen molar-refractivity contribution in [1.29, 1.82) is 5.26 Å². The van der Waals surface area contributed by atoms with Crippen molar-refractivity contribution in [3.8, 4) is 11.8 Å². The van der Waals surface area contributed by atoms with Crippen LogP contribution in [0.15, 0.2) is 24.3 Å². The van der Waals surface area contributed by atoms with Crippen LogP contribution in [0.2, 0.25) is 0 Å². The van der Waals surface area contributed by atoms with Gasteiger partial charge in [0.1, 0.15) is 31.3 Å². The van der Waals surface area contributed by atoms with Crippen molar-refractivity contribution in [2.24, 2.45) is 0 Å². The fraction of sp³-hybridized carbons (Fsp3) is 0.467. The SMILES string of the molecule is COCNC(=O)NC(C)NCC(O)COc1ccccc1C#N. The van der Waals surface area contributed by atoms with E-state index in [9.17, 15) is 9.90 Å². The summed E-state index contributed by atoms with van der Waals surface area (Å²) in [6.07, 6.45) is -1.12. The number of methoxy groups -OCH3 is 1. The Hall–Kier alpha value is -2.34. The maximum absolute atomic E-state index is 11.4. The lowest BCUT2D eigenvalue weighted by Gasteiger charge is -2.19. The van der Waals surface area contributed by atoms with Gasteiger partial charge in [-0.2, -0.15) is 5.26 Å². The van der Waals surface area contributed by atoms with E-state index in [0.717, 1.165) is 0 Å². The van der Waals surface area contributed by atoms with Crippen LogP contribution in [0.1, 0.15) is 12.5 Å². The third-order valence-electron chi connectivity index (χ3n) is 2.82. The maximum Gasteiger partial charge on any atom is 0.317 e. The third-order valence-corrected chi connectivity index (χ3v) is 2.82. The summed E-state index contributed by atoms with van der Waals surface area (Å²) >= 11 is 0. The van der Waals surface area contributed by atoms with Gasteiger partial charge in [-0.05, 0) is 19.1 Å². The summed E-state index contributed by atoms with van der Waals surface area (Å²) in [7, 11) is 1.47. The lowest BCUT2D eigenvalue weighted by molar-refractivity contribution is 0.103. The maximum atomic E-state index is 11.4. The molecule has 1 aromatic carbocycles. The number of rotatable bonds is 9. The van der Waals surface area contributed by atoms with Gasteiger partial charge in [0.25, 0.3) is 0 Å². The molecule has 0 heterocycles. The number of amides is 2. The molecule has 126 valence electrons. The van der Waals surface area contributed by atoms with Gasteiger partial charge in [-0.1, -0.05) is 12.1 Å². The first-order valence-corrected chi connectivity index (χ1v) is 7.13. The van der Waals surface area contributed by atoms with Crippen molar-refractivity contribution in [3.63, 3.8) is 0 Å². The van der Waals surface area contributed by atoms with Gasteiger partial charge in [0.15, 0.2) is 0 Å². The number of hydrogen-bond donors (Lipinski definition) is 4. The Bertz CT molecular complexity index is 532. The molecule has 0 saturated carbocycles. The van der Waals surface area contributed by atoms with Gasteiger partial charge in [0.05, 0.1) is 11.7 Å². The lowest BCUT2D eigenvalue weighted by Crippen LogP contribution is -2.50. The number of hydrogen-bond acceptors (Lipinski definition) is 6. The summed E-state index contributed by atoms with van der Waals surface area (Å²) in [5.41, 5.74) is 0.414. The summed E-state index contributed by atoms with van der Waals surface area (Å²) in [5.74, 6) is 0.430. The molecule has 8 nitrogen and oxygen atoms in total. The van der Waals surface area contributed by atoms with Crippen LogP contribution >= 0.6 is 0 Å². The fourth-order valence-electron chi connectivity index (χ4n) is 1.68. The molecule has 2 unspecified atom stereocenters. The van der Waals surface area contributed by atoms with Crippen LogP contribution in [0.3, 0.4) is 0 Å². The molecule has 4 N–H and O–H groups in total. The molecule has 0 aromatic heterocycles. The highest BCUT2D eigenvalue weighted by molar-refractivity contribution is 5.73. The monoisotopic (exact) mass is 322 g/mol. The average molecular weight is 322 g/mol. The first kappa shape index (κ1) is 18.7. The first-order chi connectivity index (χ1) is 11.1. The molecule has 1 aromatic rings. The van der Waals surface area contributed by atoms with Gasteiger partial charge in [0.2, 0.25) is 0 Å². The molecule has 0 bridgehead atoms.